The molecule has 0 aromatic heterocycles. The summed E-state index contributed by atoms with van der Waals surface area (Å²) in [5.41, 5.74) is 6.24. The quantitative estimate of drug-likeness (QED) is 0.860. The first kappa shape index (κ1) is 13.9. The van der Waals surface area contributed by atoms with Crippen LogP contribution in [0.4, 0.5) is 4.39 Å². The highest BCUT2D eigenvalue weighted by Crippen LogP contribution is 2.18. The zero-order chi connectivity index (χ0) is 13.1. The smallest absolute Gasteiger partial charge is 0.128 e. The fourth-order valence-electron chi connectivity index (χ4n) is 1.91. The predicted octanol–water partition coefficient (Wildman–Crippen LogP) is 2.08. The van der Waals surface area contributed by atoms with Crippen molar-refractivity contribution in [2.75, 3.05) is 19.7 Å². The van der Waals surface area contributed by atoms with Crippen LogP contribution in [-0.4, -0.2) is 35.7 Å². The summed E-state index contributed by atoms with van der Waals surface area (Å²) in [5, 5.41) is 0. The second-order valence-corrected chi connectivity index (χ2v) is 5.62. The Bertz CT molecular complexity index is 458. The second kappa shape index (κ2) is 6.06. The molecule has 1 aromatic carbocycles. The van der Waals surface area contributed by atoms with Crippen LogP contribution in [-0.2, 0) is 11.3 Å². The van der Waals surface area contributed by atoms with E-state index in [1.807, 2.05) is 6.07 Å². The van der Waals surface area contributed by atoms with Gasteiger partial charge in [-0.05, 0) is 12.1 Å². The molecular weight excluding hydrogens is 319 g/mol. The van der Waals surface area contributed by atoms with E-state index in [1.165, 1.54) is 6.07 Å². The van der Waals surface area contributed by atoms with Gasteiger partial charge in [0.15, 0.2) is 0 Å². The predicted molar refractivity (Wildman–Crippen MR) is 75.9 cm³/mol. The van der Waals surface area contributed by atoms with Crippen LogP contribution in [0.3, 0.4) is 0 Å². The standard InChI is InChI=1S/C12H14BrFN2OS/c13-9-2-1-8(10(14)5-9)6-16-3-4-17-11(7-16)12(15)18/h1-2,5,11H,3-4,6-7H2,(H2,15,18). The van der Waals surface area contributed by atoms with Crippen molar-refractivity contribution in [2.24, 2.45) is 5.73 Å². The Morgan fingerprint density at radius 1 is 1.61 bits per heavy atom. The number of halogens is 2. The van der Waals surface area contributed by atoms with Crippen molar-refractivity contribution < 1.29 is 9.13 Å². The van der Waals surface area contributed by atoms with E-state index in [2.05, 4.69) is 20.8 Å². The number of hydrogen-bond acceptors (Lipinski definition) is 3. The van der Waals surface area contributed by atoms with Crippen LogP contribution in [0.1, 0.15) is 5.56 Å². The molecule has 1 heterocycles. The topological polar surface area (TPSA) is 38.5 Å². The summed E-state index contributed by atoms with van der Waals surface area (Å²) < 4.78 is 19.9. The van der Waals surface area contributed by atoms with E-state index in [9.17, 15) is 4.39 Å². The van der Waals surface area contributed by atoms with Gasteiger partial charge in [-0.15, -0.1) is 0 Å². The van der Waals surface area contributed by atoms with Crippen LogP contribution in [0.15, 0.2) is 22.7 Å². The summed E-state index contributed by atoms with van der Waals surface area (Å²) in [7, 11) is 0. The molecule has 2 rings (SSSR count). The lowest BCUT2D eigenvalue weighted by atomic mass is 10.1. The summed E-state index contributed by atoms with van der Waals surface area (Å²) in [5.74, 6) is -0.206. The molecule has 0 spiro atoms. The molecule has 0 radical (unpaired) electrons. The van der Waals surface area contributed by atoms with E-state index in [1.54, 1.807) is 6.07 Å². The van der Waals surface area contributed by atoms with Crippen LogP contribution in [0.25, 0.3) is 0 Å². The summed E-state index contributed by atoms with van der Waals surface area (Å²) in [6.07, 6.45) is -0.229. The molecule has 1 aliphatic heterocycles. The van der Waals surface area contributed by atoms with Gasteiger partial charge in [-0.2, -0.15) is 0 Å². The van der Waals surface area contributed by atoms with E-state index < -0.39 is 0 Å². The molecule has 0 aliphatic carbocycles. The number of nitrogens with zero attached hydrogens (tertiary/aromatic N) is 1. The van der Waals surface area contributed by atoms with Gasteiger partial charge in [0, 0.05) is 29.7 Å². The molecule has 0 amide bonds. The van der Waals surface area contributed by atoms with Gasteiger partial charge in [-0.1, -0.05) is 34.2 Å². The summed E-state index contributed by atoms with van der Waals surface area (Å²) in [4.78, 5) is 2.45. The molecular formula is C12H14BrFN2OS. The van der Waals surface area contributed by atoms with Crippen molar-refractivity contribution in [2.45, 2.75) is 12.6 Å². The van der Waals surface area contributed by atoms with E-state index in [0.29, 0.717) is 30.2 Å². The highest BCUT2D eigenvalue weighted by Gasteiger charge is 2.23. The molecule has 3 nitrogen and oxygen atoms in total. The number of benzene rings is 1. The summed E-state index contributed by atoms with van der Waals surface area (Å²) in [6, 6.07) is 5.09. The molecule has 98 valence electrons. The third kappa shape index (κ3) is 3.47. The average molecular weight is 333 g/mol. The Hall–Kier alpha value is -0.560. The van der Waals surface area contributed by atoms with Crippen LogP contribution < -0.4 is 5.73 Å². The molecule has 1 fully saturated rings. The Morgan fingerprint density at radius 2 is 2.39 bits per heavy atom. The molecule has 18 heavy (non-hydrogen) atoms. The van der Waals surface area contributed by atoms with Gasteiger partial charge < -0.3 is 10.5 Å². The molecule has 1 saturated heterocycles. The van der Waals surface area contributed by atoms with Gasteiger partial charge >= 0.3 is 0 Å². The van der Waals surface area contributed by atoms with Crippen molar-refractivity contribution >= 4 is 33.1 Å². The normalized spacial score (nSPS) is 20.9. The van der Waals surface area contributed by atoms with Gasteiger partial charge in [-0.25, -0.2) is 4.39 Å². The molecule has 6 heteroatoms. The number of nitrogens with two attached hydrogens (primary N) is 1. The van der Waals surface area contributed by atoms with Crippen LogP contribution in [0, 0.1) is 5.82 Å². The third-order valence-electron chi connectivity index (χ3n) is 2.88. The van der Waals surface area contributed by atoms with Gasteiger partial charge in [0.05, 0.1) is 6.61 Å². The molecule has 2 N–H and O–H groups in total. The SMILES string of the molecule is NC(=S)C1CN(Cc2ccc(Br)cc2F)CCO1. The first-order valence-electron chi connectivity index (χ1n) is 5.63. The number of thiocarbonyl (C=S) groups is 1. The van der Waals surface area contributed by atoms with Gasteiger partial charge in [-0.3, -0.25) is 4.90 Å². The van der Waals surface area contributed by atoms with Crippen molar-refractivity contribution in [3.63, 3.8) is 0 Å². The lowest BCUT2D eigenvalue weighted by Gasteiger charge is -2.32. The lowest BCUT2D eigenvalue weighted by molar-refractivity contribution is 0.00354. The van der Waals surface area contributed by atoms with E-state index in [4.69, 9.17) is 22.7 Å². The number of morpholine rings is 1. The number of hydrogen-bond donors (Lipinski definition) is 1. The minimum atomic E-state index is -0.229. The average Bonchev–Trinajstić information content (AvgIpc) is 2.33. The second-order valence-electron chi connectivity index (χ2n) is 4.23. The Balaban J connectivity index is 2.02. The van der Waals surface area contributed by atoms with E-state index >= 15 is 0 Å². The largest absolute Gasteiger partial charge is 0.391 e. The van der Waals surface area contributed by atoms with Gasteiger partial charge in [0.1, 0.15) is 16.9 Å². The zero-order valence-corrected chi connectivity index (χ0v) is 12.1. The fraction of sp³-hybridized carbons (Fsp3) is 0.417. The maximum Gasteiger partial charge on any atom is 0.128 e. The molecule has 1 unspecified atom stereocenters. The zero-order valence-electron chi connectivity index (χ0n) is 9.73. The first-order chi connectivity index (χ1) is 8.56. The molecule has 0 saturated carbocycles. The Kier molecular flexibility index (Phi) is 4.66. The molecule has 1 atom stereocenters. The molecule has 1 aromatic rings. The summed E-state index contributed by atoms with van der Waals surface area (Å²) in [6.45, 7) is 2.49. The monoisotopic (exact) mass is 332 g/mol. The van der Waals surface area contributed by atoms with Gasteiger partial charge in [0.2, 0.25) is 0 Å². The van der Waals surface area contributed by atoms with Crippen molar-refractivity contribution in [3.8, 4) is 0 Å². The van der Waals surface area contributed by atoms with E-state index in [-0.39, 0.29) is 11.9 Å². The first-order valence-corrected chi connectivity index (χ1v) is 6.83. The van der Waals surface area contributed by atoms with E-state index in [0.717, 1.165) is 11.0 Å². The van der Waals surface area contributed by atoms with Crippen molar-refractivity contribution in [1.82, 2.24) is 4.90 Å². The minimum absolute atomic E-state index is 0.206. The van der Waals surface area contributed by atoms with Crippen LogP contribution in [0.2, 0.25) is 0 Å². The Labute approximate surface area is 119 Å². The fourth-order valence-corrected chi connectivity index (χ4v) is 2.38. The van der Waals surface area contributed by atoms with Crippen molar-refractivity contribution in [3.05, 3.63) is 34.1 Å². The highest BCUT2D eigenvalue weighted by atomic mass is 79.9. The van der Waals surface area contributed by atoms with Crippen LogP contribution in [0.5, 0.6) is 0 Å². The van der Waals surface area contributed by atoms with Gasteiger partial charge in [0.25, 0.3) is 0 Å². The van der Waals surface area contributed by atoms with Crippen molar-refractivity contribution in [1.29, 1.82) is 0 Å². The maximum absolute atomic E-state index is 13.7. The maximum atomic E-state index is 13.7. The molecule has 1 aliphatic rings. The number of ether oxygens (including phenoxy) is 1. The highest BCUT2D eigenvalue weighted by molar-refractivity contribution is 9.10. The third-order valence-corrected chi connectivity index (χ3v) is 3.63. The number of rotatable bonds is 3. The van der Waals surface area contributed by atoms with Crippen LogP contribution >= 0.6 is 28.1 Å². The minimum Gasteiger partial charge on any atom is -0.391 e. The molecule has 0 bridgehead atoms. The lowest BCUT2D eigenvalue weighted by Crippen LogP contribution is -2.47. The Morgan fingerprint density at radius 3 is 3.06 bits per heavy atom. The summed E-state index contributed by atoms with van der Waals surface area (Å²) >= 11 is 8.16.